The normalized spacial score (nSPS) is 11.6. The zero-order valence-corrected chi connectivity index (χ0v) is 10.2. The Balaban J connectivity index is 2.38. The van der Waals surface area contributed by atoms with Crippen LogP contribution in [-0.4, -0.2) is 0 Å². The fourth-order valence-electron chi connectivity index (χ4n) is 2.51. The third-order valence-electron chi connectivity index (χ3n) is 3.32. The number of rotatable bonds is 0. The lowest BCUT2D eigenvalue weighted by molar-refractivity contribution is 0.672. The van der Waals surface area contributed by atoms with Crippen molar-refractivity contribution in [1.29, 1.82) is 0 Å². The summed E-state index contributed by atoms with van der Waals surface area (Å²) in [5.41, 5.74) is 1.75. The number of furan rings is 1. The van der Waals surface area contributed by atoms with Gasteiger partial charge >= 0.3 is 0 Å². The Kier molecular flexibility index (Phi) is 1.94. The summed E-state index contributed by atoms with van der Waals surface area (Å²) in [6.07, 6.45) is 0. The van der Waals surface area contributed by atoms with Gasteiger partial charge < -0.3 is 4.42 Å². The molecular weight excluding hydrogens is 244 g/mol. The molecule has 0 amide bonds. The quantitative estimate of drug-likeness (QED) is 0.409. The van der Waals surface area contributed by atoms with Crippen LogP contribution in [-0.2, 0) is 0 Å². The Morgan fingerprint density at radius 1 is 0.833 bits per heavy atom. The molecule has 0 saturated heterocycles. The van der Waals surface area contributed by atoms with Gasteiger partial charge in [0.2, 0.25) is 0 Å². The molecule has 0 radical (unpaired) electrons. The van der Waals surface area contributed by atoms with Crippen LogP contribution in [0.3, 0.4) is 0 Å². The van der Waals surface area contributed by atoms with E-state index in [4.69, 9.17) is 16.0 Å². The van der Waals surface area contributed by atoms with E-state index in [0.717, 1.165) is 37.7 Å². The highest BCUT2D eigenvalue weighted by Crippen LogP contribution is 2.38. The molecule has 0 aliphatic heterocycles. The lowest BCUT2D eigenvalue weighted by Gasteiger charge is -2.00. The Morgan fingerprint density at radius 2 is 1.56 bits per heavy atom. The van der Waals surface area contributed by atoms with Gasteiger partial charge in [0.25, 0.3) is 0 Å². The molecule has 1 nitrogen and oxygen atoms in total. The first-order valence-electron chi connectivity index (χ1n) is 5.83. The van der Waals surface area contributed by atoms with Crippen LogP contribution in [0.2, 0.25) is 5.02 Å². The maximum absolute atomic E-state index is 6.40. The smallest absolute Gasteiger partial charge is 0.144 e. The van der Waals surface area contributed by atoms with Gasteiger partial charge in [0.15, 0.2) is 0 Å². The van der Waals surface area contributed by atoms with Crippen LogP contribution >= 0.6 is 11.6 Å². The van der Waals surface area contributed by atoms with Crippen molar-refractivity contribution in [2.24, 2.45) is 0 Å². The highest BCUT2D eigenvalue weighted by molar-refractivity contribution is 6.39. The highest BCUT2D eigenvalue weighted by atomic mass is 35.5. The van der Waals surface area contributed by atoms with Crippen LogP contribution in [0.15, 0.2) is 59.0 Å². The summed E-state index contributed by atoms with van der Waals surface area (Å²) >= 11 is 6.40. The van der Waals surface area contributed by atoms with Crippen LogP contribution in [0.4, 0.5) is 0 Å². The van der Waals surface area contributed by atoms with Gasteiger partial charge in [-0.25, -0.2) is 0 Å². The van der Waals surface area contributed by atoms with Gasteiger partial charge in [0.05, 0.1) is 5.02 Å². The molecule has 0 atom stereocenters. The van der Waals surface area contributed by atoms with Crippen LogP contribution < -0.4 is 0 Å². The van der Waals surface area contributed by atoms with E-state index in [-0.39, 0.29) is 0 Å². The van der Waals surface area contributed by atoms with Gasteiger partial charge in [-0.05, 0) is 17.5 Å². The molecule has 0 spiro atoms. The van der Waals surface area contributed by atoms with Crippen molar-refractivity contribution in [3.63, 3.8) is 0 Å². The van der Waals surface area contributed by atoms with E-state index >= 15 is 0 Å². The first-order valence-corrected chi connectivity index (χ1v) is 6.21. The molecule has 4 aromatic rings. The molecule has 1 aromatic heterocycles. The third-order valence-corrected chi connectivity index (χ3v) is 3.62. The van der Waals surface area contributed by atoms with E-state index in [9.17, 15) is 0 Å². The molecule has 0 aliphatic carbocycles. The summed E-state index contributed by atoms with van der Waals surface area (Å²) in [5, 5.41) is 5.03. The van der Waals surface area contributed by atoms with Crippen molar-refractivity contribution in [2.45, 2.75) is 0 Å². The minimum atomic E-state index is 0.744. The molecule has 86 valence electrons. The minimum Gasteiger partial charge on any atom is -0.455 e. The molecule has 0 N–H and O–H groups in total. The van der Waals surface area contributed by atoms with Gasteiger partial charge in [0.1, 0.15) is 11.2 Å². The zero-order chi connectivity index (χ0) is 12.1. The molecule has 4 rings (SSSR count). The molecule has 0 saturated carbocycles. The topological polar surface area (TPSA) is 13.1 Å². The number of halogens is 1. The van der Waals surface area contributed by atoms with E-state index in [2.05, 4.69) is 6.07 Å². The maximum atomic E-state index is 6.40. The van der Waals surface area contributed by atoms with Crippen LogP contribution in [0.5, 0.6) is 0 Å². The van der Waals surface area contributed by atoms with Crippen molar-refractivity contribution in [1.82, 2.24) is 0 Å². The molecular formula is C16H9ClO. The molecule has 0 fully saturated rings. The first-order chi connectivity index (χ1) is 8.84. The number of hydrogen-bond donors (Lipinski definition) is 0. The van der Waals surface area contributed by atoms with E-state index in [1.54, 1.807) is 0 Å². The predicted octanol–water partition coefficient (Wildman–Crippen LogP) is 5.39. The lowest BCUT2D eigenvalue weighted by Crippen LogP contribution is -1.75. The van der Waals surface area contributed by atoms with Crippen LogP contribution in [0.25, 0.3) is 32.7 Å². The molecule has 0 bridgehead atoms. The van der Waals surface area contributed by atoms with Gasteiger partial charge in [0, 0.05) is 16.2 Å². The van der Waals surface area contributed by atoms with Crippen LogP contribution in [0, 0.1) is 0 Å². The molecule has 18 heavy (non-hydrogen) atoms. The Hall–Kier alpha value is -1.99. The standard InChI is InChI=1S/C16H9ClO/c17-13-9-10-5-1-2-6-11(10)16-15(13)12-7-3-4-8-14(12)18-16/h1-9H. The molecule has 0 aliphatic rings. The maximum Gasteiger partial charge on any atom is 0.144 e. The zero-order valence-electron chi connectivity index (χ0n) is 9.48. The van der Waals surface area contributed by atoms with E-state index in [1.165, 1.54) is 0 Å². The number of para-hydroxylation sites is 1. The Morgan fingerprint density at radius 3 is 2.44 bits per heavy atom. The highest BCUT2D eigenvalue weighted by Gasteiger charge is 2.12. The average molecular weight is 253 g/mol. The van der Waals surface area contributed by atoms with Gasteiger partial charge in [-0.15, -0.1) is 0 Å². The van der Waals surface area contributed by atoms with Crippen molar-refractivity contribution in [3.05, 3.63) is 59.6 Å². The molecule has 1 heterocycles. The van der Waals surface area contributed by atoms with E-state index < -0.39 is 0 Å². The Bertz CT molecular complexity index is 889. The summed E-state index contributed by atoms with van der Waals surface area (Å²) in [6, 6.07) is 18.1. The number of hydrogen-bond acceptors (Lipinski definition) is 1. The van der Waals surface area contributed by atoms with Crippen LogP contribution in [0.1, 0.15) is 0 Å². The van der Waals surface area contributed by atoms with Crippen molar-refractivity contribution >= 4 is 44.3 Å². The largest absolute Gasteiger partial charge is 0.455 e. The SMILES string of the molecule is Clc1cc2ccccc2c2oc3ccccc3c12. The summed E-state index contributed by atoms with van der Waals surface area (Å²) in [6.45, 7) is 0. The second-order valence-corrected chi connectivity index (χ2v) is 4.79. The fourth-order valence-corrected chi connectivity index (χ4v) is 2.82. The van der Waals surface area contributed by atoms with Crippen molar-refractivity contribution in [3.8, 4) is 0 Å². The fraction of sp³-hybridized carbons (Fsp3) is 0. The predicted molar refractivity (Wildman–Crippen MR) is 76.2 cm³/mol. The van der Waals surface area contributed by atoms with Gasteiger partial charge in [-0.1, -0.05) is 54.1 Å². The molecule has 2 heteroatoms. The summed E-state index contributed by atoms with van der Waals surface area (Å²) in [7, 11) is 0. The van der Waals surface area contributed by atoms with Gasteiger partial charge in [-0.2, -0.15) is 0 Å². The van der Waals surface area contributed by atoms with Crippen molar-refractivity contribution < 1.29 is 4.42 Å². The number of fused-ring (bicyclic) bond motifs is 5. The number of benzene rings is 3. The average Bonchev–Trinajstić information content (AvgIpc) is 2.79. The summed E-state index contributed by atoms with van der Waals surface area (Å²) < 4.78 is 5.96. The van der Waals surface area contributed by atoms with E-state index in [1.807, 2.05) is 48.5 Å². The Labute approximate surface area is 109 Å². The monoisotopic (exact) mass is 252 g/mol. The van der Waals surface area contributed by atoms with Gasteiger partial charge in [-0.3, -0.25) is 0 Å². The second kappa shape index (κ2) is 3.50. The molecule has 3 aromatic carbocycles. The third kappa shape index (κ3) is 1.22. The molecule has 0 unspecified atom stereocenters. The second-order valence-electron chi connectivity index (χ2n) is 4.38. The van der Waals surface area contributed by atoms with Crippen molar-refractivity contribution in [2.75, 3.05) is 0 Å². The van der Waals surface area contributed by atoms with E-state index in [0.29, 0.717) is 0 Å². The minimum absolute atomic E-state index is 0.744. The first kappa shape index (κ1) is 9.98. The summed E-state index contributed by atoms with van der Waals surface area (Å²) in [5.74, 6) is 0. The lowest BCUT2D eigenvalue weighted by atomic mass is 10.1. The summed E-state index contributed by atoms with van der Waals surface area (Å²) in [4.78, 5) is 0.